The third-order valence-corrected chi connectivity index (χ3v) is 6.02. The molecule has 12 nitrogen and oxygen atoms in total. The van der Waals surface area contributed by atoms with E-state index in [1.54, 1.807) is 29.4 Å². The first-order valence-corrected chi connectivity index (χ1v) is 12.0. The summed E-state index contributed by atoms with van der Waals surface area (Å²) in [5.41, 5.74) is 8.65. The highest BCUT2D eigenvalue weighted by atomic mass is 31.2. The van der Waals surface area contributed by atoms with Gasteiger partial charge in [-0.3, -0.25) is 19.8 Å². The molecule has 3 aromatic heterocycles. The van der Waals surface area contributed by atoms with Crippen LogP contribution < -0.4 is 15.4 Å². The molecule has 4 rings (SSSR count). The highest BCUT2D eigenvalue weighted by molar-refractivity contribution is 7.47. The molecule has 0 bridgehead atoms. The Balaban J connectivity index is 1.32. The molecule has 1 aliphatic heterocycles. The van der Waals surface area contributed by atoms with E-state index in [4.69, 9.17) is 19.5 Å². The third kappa shape index (κ3) is 6.26. The Bertz CT molecular complexity index is 1180. The maximum atomic E-state index is 11.6. The minimum atomic E-state index is -4.10. The lowest BCUT2D eigenvalue weighted by atomic mass is 10.1. The molecule has 3 aromatic rings. The van der Waals surface area contributed by atoms with Gasteiger partial charge in [0.15, 0.2) is 18.7 Å². The molecule has 0 amide bonds. The van der Waals surface area contributed by atoms with E-state index in [2.05, 4.69) is 19.8 Å². The molecular weight excluding hydrogens is 463 g/mol. The molecule has 1 aliphatic rings. The Hall–Kier alpha value is -3.12. The van der Waals surface area contributed by atoms with E-state index in [9.17, 15) is 9.46 Å². The zero-order valence-electron chi connectivity index (χ0n) is 18.5. The van der Waals surface area contributed by atoms with Crippen molar-refractivity contribution in [3.63, 3.8) is 0 Å². The number of phosphoric ester groups is 1. The molecule has 3 unspecified atom stereocenters. The summed E-state index contributed by atoms with van der Waals surface area (Å²) in [6.45, 7) is 0.956. The van der Waals surface area contributed by atoms with Gasteiger partial charge in [-0.15, -0.1) is 0 Å². The van der Waals surface area contributed by atoms with Gasteiger partial charge in [0.2, 0.25) is 5.88 Å². The molecule has 0 aliphatic carbocycles. The molecule has 3 atom stereocenters. The second-order valence-corrected chi connectivity index (χ2v) is 9.00. The van der Waals surface area contributed by atoms with Crippen molar-refractivity contribution in [3.05, 3.63) is 78.2 Å². The number of allylic oxidation sites excluding steroid dienone is 2. The van der Waals surface area contributed by atoms with Crippen LogP contribution in [0.5, 0.6) is 5.88 Å². The standard InChI is InChI=1S/C21H25N6O6P/c1-30-34(28,29)32-15-26-8-2-4-18(21(26)22)19-13-17(25-33-19)12-16-5-6-20(23-14-16)31-11-10-27-9-3-7-24-27/h2-9,13-14,21H,10-12,15,22H2,1H3,(H,28,29)/p+1. The van der Waals surface area contributed by atoms with E-state index in [0.717, 1.165) is 12.7 Å². The van der Waals surface area contributed by atoms with Crippen molar-refractivity contribution >= 4 is 13.4 Å². The molecule has 0 radical (unpaired) electrons. The van der Waals surface area contributed by atoms with Gasteiger partial charge in [0.1, 0.15) is 6.61 Å². The number of aromatic nitrogens is 4. The first-order valence-electron chi connectivity index (χ1n) is 10.5. The molecule has 0 saturated heterocycles. The predicted octanol–water partition coefficient (Wildman–Crippen LogP) is 0.737. The quantitative estimate of drug-likeness (QED) is 0.329. The van der Waals surface area contributed by atoms with Crippen LogP contribution in [0.3, 0.4) is 0 Å². The maximum absolute atomic E-state index is 11.6. The number of hydrogen-bond acceptors (Lipinski definition) is 9. The number of nitrogens with zero attached hydrogens (tertiary/aromatic N) is 4. The number of ether oxygens (including phenoxy) is 1. The number of nitrogens with one attached hydrogen (secondary N) is 1. The van der Waals surface area contributed by atoms with Crippen molar-refractivity contribution in [3.8, 4) is 5.88 Å². The first-order chi connectivity index (χ1) is 16.4. The average molecular weight is 489 g/mol. The topological polar surface area (TPSA) is 152 Å². The molecule has 0 saturated carbocycles. The summed E-state index contributed by atoms with van der Waals surface area (Å²) in [5, 5.41) is 8.26. The van der Waals surface area contributed by atoms with E-state index >= 15 is 0 Å². The Morgan fingerprint density at radius 3 is 3.00 bits per heavy atom. The Kier molecular flexibility index (Phi) is 7.68. The van der Waals surface area contributed by atoms with Crippen molar-refractivity contribution in [1.82, 2.24) is 19.9 Å². The molecule has 4 N–H and O–H groups in total. The van der Waals surface area contributed by atoms with Crippen LogP contribution in [0.1, 0.15) is 17.0 Å². The number of hydrogen-bond donors (Lipinski definition) is 3. The van der Waals surface area contributed by atoms with Crippen molar-refractivity contribution in [2.75, 3.05) is 20.4 Å². The van der Waals surface area contributed by atoms with Gasteiger partial charge < -0.3 is 14.2 Å². The Morgan fingerprint density at radius 1 is 1.38 bits per heavy atom. The van der Waals surface area contributed by atoms with Gasteiger partial charge in [-0.25, -0.2) is 14.1 Å². The predicted molar refractivity (Wildman–Crippen MR) is 120 cm³/mol. The lowest BCUT2D eigenvalue weighted by molar-refractivity contribution is -0.882. The first kappa shape index (κ1) is 24.0. The van der Waals surface area contributed by atoms with Crippen LogP contribution in [0.25, 0.3) is 5.57 Å². The fourth-order valence-corrected chi connectivity index (χ4v) is 3.70. The van der Waals surface area contributed by atoms with Gasteiger partial charge in [-0.05, 0) is 23.8 Å². The Morgan fingerprint density at radius 2 is 2.26 bits per heavy atom. The summed E-state index contributed by atoms with van der Waals surface area (Å²) in [6, 6.07) is 7.40. The van der Waals surface area contributed by atoms with Gasteiger partial charge >= 0.3 is 7.82 Å². The van der Waals surface area contributed by atoms with Gasteiger partial charge in [0.25, 0.3) is 0 Å². The molecule has 4 heterocycles. The second-order valence-electron chi connectivity index (χ2n) is 7.44. The largest absolute Gasteiger partial charge is 0.476 e. The summed E-state index contributed by atoms with van der Waals surface area (Å²) >= 11 is 0. The van der Waals surface area contributed by atoms with E-state index < -0.39 is 14.0 Å². The number of nitrogens with two attached hydrogens (primary N) is 1. The summed E-state index contributed by atoms with van der Waals surface area (Å²) in [7, 11) is -3.00. The highest BCUT2D eigenvalue weighted by Crippen LogP contribution is 2.41. The van der Waals surface area contributed by atoms with Crippen molar-refractivity contribution < 1.29 is 32.7 Å². The van der Waals surface area contributed by atoms with E-state index in [1.807, 2.05) is 36.5 Å². The van der Waals surface area contributed by atoms with Crippen LogP contribution in [0.15, 0.2) is 65.7 Å². The van der Waals surface area contributed by atoms with Crippen LogP contribution in [0.2, 0.25) is 0 Å². The number of rotatable bonds is 11. The number of pyridine rings is 1. The van der Waals surface area contributed by atoms with Gasteiger partial charge in [-0.1, -0.05) is 11.2 Å². The molecule has 34 heavy (non-hydrogen) atoms. The Labute approximate surface area is 195 Å². The van der Waals surface area contributed by atoms with Gasteiger partial charge in [0.05, 0.1) is 24.0 Å². The van der Waals surface area contributed by atoms with Crippen molar-refractivity contribution in [2.45, 2.75) is 19.1 Å². The zero-order chi connectivity index (χ0) is 24.0. The summed E-state index contributed by atoms with van der Waals surface area (Å²) < 4.78 is 33.9. The van der Waals surface area contributed by atoms with Crippen molar-refractivity contribution in [2.24, 2.45) is 5.73 Å². The second kappa shape index (κ2) is 10.9. The number of phosphoric acid groups is 1. The average Bonchev–Trinajstić information content (AvgIpc) is 3.52. The van der Waals surface area contributed by atoms with Gasteiger partial charge in [-0.2, -0.15) is 5.10 Å². The minimum Gasteiger partial charge on any atom is -0.476 e. The minimum absolute atomic E-state index is 0.153. The lowest BCUT2D eigenvalue weighted by Gasteiger charge is -2.25. The fourth-order valence-electron chi connectivity index (χ4n) is 3.28. The van der Waals surface area contributed by atoms with Crippen LogP contribution >= 0.6 is 7.82 Å². The monoisotopic (exact) mass is 489 g/mol. The van der Waals surface area contributed by atoms with Crippen LogP contribution in [-0.2, 0) is 26.6 Å². The summed E-state index contributed by atoms with van der Waals surface area (Å²) in [6.07, 6.45) is 10.6. The molecule has 180 valence electrons. The van der Waals surface area contributed by atoms with Crippen LogP contribution in [0.4, 0.5) is 0 Å². The summed E-state index contributed by atoms with van der Waals surface area (Å²) in [4.78, 5) is 14.4. The van der Waals surface area contributed by atoms with Crippen LogP contribution in [-0.4, -0.2) is 51.4 Å². The molecular formula is C21H26N6O6P+. The third-order valence-electron chi connectivity index (χ3n) is 5.10. The lowest BCUT2D eigenvalue weighted by Crippen LogP contribution is -3.14. The SMILES string of the molecule is COP(=O)(O)OC[NH+]1C=CC=C(c2cc(Cc3ccc(OCCn4cccn4)nc3)no2)C1N. The van der Waals surface area contributed by atoms with E-state index in [0.29, 0.717) is 47.4 Å². The van der Waals surface area contributed by atoms with E-state index in [1.165, 1.54) is 0 Å². The van der Waals surface area contributed by atoms with Gasteiger partial charge in [0, 0.05) is 44.3 Å². The number of quaternary nitrogens is 1. The van der Waals surface area contributed by atoms with Crippen LogP contribution in [0, 0.1) is 0 Å². The smallest absolute Gasteiger partial charge is 0.476 e. The summed E-state index contributed by atoms with van der Waals surface area (Å²) in [5.74, 6) is 1.04. The van der Waals surface area contributed by atoms with E-state index in [-0.39, 0.29) is 6.73 Å². The highest BCUT2D eigenvalue weighted by Gasteiger charge is 2.30. The maximum Gasteiger partial charge on any atom is 0.476 e. The normalized spacial score (nSPS) is 19.6. The molecule has 13 heteroatoms. The zero-order valence-corrected chi connectivity index (χ0v) is 19.4. The molecule has 0 spiro atoms. The molecule has 0 aromatic carbocycles. The van der Waals surface area contributed by atoms with Crippen molar-refractivity contribution in [1.29, 1.82) is 0 Å². The fraction of sp³-hybridized carbons (Fsp3) is 0.286. The molecule has 0 fully saturated rings.